The number of pyridine rings is 2. The van der Waals surface area contributed by atoms with Gasteiger partial charge in [0.15, 0.2) is 0 Å². The minimum atomic E-state index is -0.166. The summed E-state index contributed by atoms with van der Waals surface area (Å²) in [5, 5.41) is 4.03. The number of hydrogen-bond donors (Lipinski definition) is 1. The zero-order chi connectivity index (χ0) is 20.7. The Balaban J connectivity index is 1.40. The van der Waals surface area contributed by atoms with E-state index < -0.39 is 0 Å². The van der Waals surface area contributed by atoms with E-state index in [0.29, 0.717) is 11.4 Å². The van der Waals surface area contributed by atoms with Crippen LogP contribution in [-0.4, -0.2) is 22.4 Å². The first-order valence-electron chi connectivity index (χ1n) is 10.1. The van der Waals surface area contributed by atoms with Crippen molar-refractivity contribution in [1.82, 2.24) is 9.97 Å². The van der Waals surface area contributed by atoms with Gasteiger partial charge in [-0.05, 0) is 79.9 Å². The Hall–Kier alpha value is -3.73. The van der Waals surface area contributed by atoms with Gasteiger partial charge in [-0.15, -0.1) is 0 Å². The Morgan fingerprint density at radius 1 is 0.967 bits per heavy atom. The Bertz CT molecular complexity index is 1260. The number of anilines is 3. The first-order valence-corrected chi connectivity index (χ1v) is 10.1. The van der Waals surface area contributed by atoms with Crippen LogP contribution in [0.3, 0.4) is 0 Å². The van der Waals surface area contributed by atoms with Crippen molar-refractivity contribution >= 4 is 34.1 Å². The van der Waals surface area contributed by atoms with E-state index in [2.05, 4.69) is 46.4 Å². The minimum absolute atomic E-state index is 0.166. The second kappa shape index (κ2) is 7.26. The highest BCUT2D eigenvalue weighted by Crippen LogP contribution is 2.35. The molecule has 2 aromatic carbocycles. The van der Waals surface area contributed by atoms with Gasteiger partial charge >= 0.3 is 0 Å². The summed E-state index contributed by atoms with van der Waals surface area (Å²) >= 11 is 0. The first-order chi connectivity index (χ1) is 14.6. The average Bonchev–Trinajstić information content (AvgIpc) is 3.15. The largest absolute Gasteiger partial charge is 0.326 e. The molecule has 5 nitrogen and oxygen atoms in total. The summed E-state index contributed by atoms with van der Waals surface area (Å²) in [6.45, 7) is 4.87. The lowest BCUT2D eigenvalue weighted by molar-refractivity contribution is 0.102. The number of benzene rings is 2. The van der Waals surface area contributed by atoms with Gasteiger partial charge in [-0.3, -0.25) is 4.79 Å². The molecule has 2 aromatic heterocycles. The van der Waals surface area contributed by atoms with Crippen molar-refractivity contribution in [2.24, 2.45) is 0 Å². The van der Waals surface area contributed by atoms with E-state index >= 15 is 0 Å². The van der Waals surface area contributed by atoms with E-state index in [1.54, 1.807) is 6.07 Å². The van der Waals surface area contributed by atoms with Crippen LogP contribution < -0.4 is 10.2 Å². The number of fused-ring (bicyclic) bond motifs is 2. The normalized spacial score (nSPS) is 12.8. The molecule has 0 fully saturated rings. The third-order valence-electron chi connectivity index (χ3n) is 5.46. The van der Waals surface area contributed by atoms with Gasteiger partial charge in [0.05, 0.1) is 5.52 Å². The molecule has 3 heterocycles. The molecule has 0 bridgehead atoms. The van der Waals surface area contributed by atoms with Gasteiger partial charge in [0.1, 0.15) is 11.6 Å². The zero-order valence-electron chi connectivity index (χ0n) is 17.0. The molecule has 0 saturated carbocycles. The molecule has 0 radical (unpaired) electrons. The minimum Gasteiger partial charge on any atom is -0.326 e. The highest BCUT2D eigenvalue weighted by atomic mass is 16.1. The summed E-state index contributed by atoms with van der Waals surface area (Å²) < 4.78 is 0. The maximum absolute atomic E-state index is 12.6. The Labute approximate surface area is 175 Å². The van der Waals surface area contributed by atoms with Crippen LogP contribution in [0.25, 0.3) is 10.9 Å². The second-order valence-corrected chi connectivity index (χ2v) is 7.73. The third-order valence-corrected chi connectivity index (χ3v) is 5.46. The molecule has 0 spiro atoms. The maximum Gasteiger partial charge on any atom is 0.256 e. The standard InChI is InChI=1S/C25H22N4O/c1-16-6-7-19-15-20-12-13-29(24(20)27-22(19)14-16)21-10-8-18(9-11-21)25(30)28-23-5-3-4-17(2)26-23/h3-11,14-15H,12-13H2,1-2H3,(H,26,28,30). The van der Waals surface area contributed by atoms with Crippen molar-refractivity contribution in [2.45, 2.75) is 20.3 Å². The summed E-state index contributed by atoms with van der Waals surface area (Å²) in [6, 6.07) is 21.9. The molecule has 0 atom stereocenters. The number of aryl methyl sites for hydroxylation is 2. The van der Waals surface area contributed by atoms with Gasteiger partial charge in [-0.2, -0.15) is 0 Å². The lowest BCUT2D eigenvalue weighted by atomic mass is 10.1. The molecule has 0 saturated heterocycles. The fourth-order valence-corrected chi connectivity index (χ4v) is 3.91. The monoisotopic (exact) mass is 394 g/mol. The topological polar surface area (TPSA) is 58.1 Å². The highest BCUT2D eigenvalue weighted by molar-refractivity contribution is 6.04. The number of carbonyl (C=O) groups excluding carboxylic acids is 1. The van der Waals surface area contributed by atoms with Crippen molar-refractivity contribution in [3.05, 3.63) is 89.1 Å². The van der Waals surface area contributed by atoms with Gasteiger partial charge in [0.2, 0.25) is 0 Å². The molecule has 5 heteroatoms. The van der Waals surface area contributed by atoms with Crippen LogP contribution in [0.5, 0.6) is 0 Å². The highest BCUT2D eigenvalue weighted by Gasteiger charge is 2.23. The van der Waals surface area contributed by atoms with Crippen LogP contribution in [0, 0.1) is 13.8 Å². The van der Waals surface area contributed by atoms with Gasteiger partial charge in [-0.25, -0.2) is 9.97 Å². The molecule has 1 amide bonds. The summed E-state index contributed by atoms with van der Waals surface area (Å²) in [7, 11) is 0. The molecule has 1 aliphatic heterocycles. The molecule has 0 aliphatic carbocycles. The third kappa shape index (κ3) is 3.39. The summed E-state index contributed by atoms with van der Waals surface area (Å²) in [4.78, 5) is 24.0. The van der Waals surface area contributed by atoms with Crippen LogP contribution in [0.2, 0.25) is 0 Å². The van der Waals surface area contributed by atoms with Gasteiger partial charge in [0, 0.05) is 28.9 Å². The van der Waals surface area contributed by atoms with E-state index in [0.717, 1.165) is 35.7 Å². The van der Waals surface area contributed by atoms with Crippen LogP contribution in [0.4, 0.5) is 17.3 Å². The van der Waals surface area contributed by atoms with E-state index in [1.807, 2.05) is 43.3 Å². The molecule has 1 aliphatic rings. The van der Waals surface area contributed by atoms with Crippen molar-refractivity contribution in [1.29, 1.82) is 0 Å². The first kappa shape index (κ1) is 18.3. The van der Waals surface area contributed by atoms with Gasteiger partial charge in [-0.1, -0.05) is 18.2 Å². The summed E-state index contributed by atoms with van der Waals surface area (Å²) in [5.41, 5.74) is 5.99. The van der Waals surface area contributed by atoms with E-state index in [-0.39, 0.29) is 5.91 Å². The zero-order valence-corrected chi connectivity index (χ0v) is 17.0. The molecular formula is C25H22N4O. The summed E-state index contributed by atoms with van der Waals surface area (Å²) in [6.07, 6.45) is 0.966. The van der Waals surface area contributed by atoms with Crippen LogP contribution in [0.15, 0.2) is 66.7 Å². The predicted octanol–water partition coefficient (Wildman–Crippen LogP) is 5.19. The number of hydrogen-bond acceptors (Lipinski definition) is 4. The van der Waals surface area contributed by atoms with Crippen LogP contribution in [-0.2, 0) is 6.42 Å². The Morgan fingerprint density at radius 3 is 2.60 bits per heavy atom. The second-order valence-electron chi connectivity index (χ2n) is 7.73. The lowest BCUT2D eigenvalue weighted by Crippen LogP contribution is -2.16. The molecule has 148 valence electrons. The van der Waals surface area contributed by atoms with Gasteiger partial charge in [0.25, 0.3) is 5.91 Å². The van der Waals surface area contributed by atoms with Crippen LogP contribution in [0.1, 0.15) is 27.2 Å². The molecule has 1 N–H and O–H groups in total. The van der Waals surface area contributed by atoms with E-state index in [9.17, 15) is 4.79 Å². The van der Waals surface area contributed by atoms with E-state index in [4.69, 9.17) is 4.98 Å². The number of nitrogens with zero attached hydrogens (tertiary/aromatic N) is 3. The lowest BCUT2D eigenvalue weighted by Gasteiger charge is -2.19. The molecule has 30 heavy (non-hydrogen) atoms. The predicted molar refractivity (Wildman–Crippen MR) is 121 cm³/mol. The maximum atomic E-state index is 12.6. The molecule has 0 unspecified atom stereocenters. The van der Waals surface area contributed by atoms with Gasteiger partial charge < -0.3 is 10.2 Å². The van der Waals surface area contributed by atoms with E-state index in [1.165, 1.54) is 16.5 Å². The fraction of sp³-hybridized carbons (Fsp3) is 0.160. The fourth-order valence-electron chi connectivity index (χ4n) is 3.91. The summed E-state index contributed by atoms with van der Waals surface area (Å²) in [5.74, 6) is 1.40. The Kier molecular flexibility index (Phi) is 4.43. The van der Waals surface area contributed by atoms with Crippen molar-refractivity contribution in [2.75, 3.05) is 16.8 Å². The number of amides is 1. The SMILES string of the molecule is Cc1ccc2cc3c(nc2c1)N(c1ccc(C(=O)Nc2cccc(C)n2)cc1)CC3. The molecule has 5 rings (SSSR count). The average molecular weight is 394 g/mol. The number of rotatable bonds is 3. The van der Waals surface area contributed by atoms with Crippen molar-refractivity contribution in [3.63, 3.8) is 0 Å². The number of carbonyl (C=O) groups is 1. The molecular weight excluding hydrogens is 372 g/mol. The number of aromatic nitrogens is 2. The van der Waals surface area contributed by atoms with Crippen molar-refractivity contribution < 1.29 is 4.79 Å². The number of nitrogens with one attached hydrogen (secondary N) is 1. The van der Waals surface area contributed by atoms with Crippen LogP contribution >= 0.6 is 0 Å². The smallest absolute Gasteiger partial charge is 0.256 e. The quantitative estimate of drug-likeness (QED) is 0.519. The molecule has 4 aromatic rings. The van der Waals surface area contributed by atoms with Crippen molar-refractivity contribution in [3.8, 4) is 0 Å². The Morgan fingerprint density at radius 2 is 1.80 bits per heavy atom.